The second-order valence-corrected chi connectivity index (χ2v) is 2.20. The van der Waals surface area contributed by atoms with Crippen molar-refractivity contribution in [2.45, 2.75) is 0 Å². The van der Waals surface area contributed by atoms with Gasteiger partial charge in [-0.15, -0.1) is 10.2 Å². The van der Waals surface area contributed by atoms with Crippen LogP contribution in [0.4, 0.5) is 11.8 Å². The summed E-state index contributed by atoms with van der Waals surface area (Å²) in [6.45, 7) is 0. The molecule has 64 valence electrons. The normalized spacial score (nSPS) is 9.54. The third-order valence-corrected chi connectivity index (χ3v) is 1.31. The zero-order chi connectivity index (χ0) is 8.93. The van der Waals surface area contributed by atoms with Crippen LogP contribution in [0, 0.1) is 0 Å². The van der Waals surface area contributed by atoms with Crippen LogP contribution in [-0.4, -0.2) is 25.4 Å². The molecule has 0 amide bonds. The van der Waals surface area contributed by atoms with Gasteiger partial charge >= 0.3 is 0 Å². The van der Waals surface area contributed by atoms with Gasteiger partial charge in [-0.3, -0.25) is 0 Å². The van der Waals surface area contributed by atoms with Gasteiger partial charge in [0.2, 0.25) is 5.95 Å². The lowest BCUT2D eigenvalue weighted by atomic mass is 10.6. The molecule has 0 aliphatic heterocycles. The number of nitrogens with one attached hydrogen (secondary N) is 1. The Bertz CT molecular complexity index is 324. The highest BCUT2D eigenvalue weighted by atomic mass is 15.3. The summed E-state index contributed by atoms with van der Waals surface area (Å²) in [5, 5.41) is 13.6. The summed E-state index contributed by atoms with van der Waals surface area (Å²) in [5.41, 5.74) is 0. The van der Waals surface area contributed by atoms with Gasteiger partial charge in [0, 0.05) is 18.5 Å². The number of aromatic nitrogens is 5. The lowest BCUT2D eigenvalue weighted by molar-refractivity contribution is 0.868. The molecule has 6 nitrogen and oxygen atoms in total. The maximum Gasteiger partial charge on any atom is 0.228 e. The molecule has 2 aromatic heterocycles. The topological polar surface area (TPSA) is 76.5 Å². The van der Waals surface area contributed by atoms with Crippen molar-refractivity contribution in [3.8, 4) is 0 Å². The highest BCUT2D eigenvalue weighted by Crippen LogP contribution is 2.04. The van der Waals surface area contributed by atoms with Crippen LogP contribution in [-0.2, 0) is 0 Å². The van der Waals surface area contributed by atoms with Gasteiger partial charge < -0.3 is 5.32 Å². The minimum atomic E-state index is 0.489. The van der Waals surface area contributed by atoms with E-state index < -0.39 is 0 Å². The molecule has 13 heavy (non-hydrogen) atoms. The molecule has 2 rings (SSSR count). The zero-order valence-electron chi connectivity index (χ0n) is 6.62. The molecule has 0 saturated heterocycles. The molecular formula is C7H6N6. The van der Waals surface area contributed by atoms with E-state index in [1.807, 2.05) is 0 Å². The maximum atomic E-state index is 3.96. The van der Waals surface area contributed by atoms with Crippen LogP contribution in [0.25, 0.3) is 0 Å². The van der Waals surface area contributed by atoms with Crippen LogP contribution in [0.3, 0.4) is 0 Å². The quantitative estimate of drug-likeness (QED) is 0.710. The molecule has 0 saturated carbocycles. The van der Waals surface area contributed by atoms with Gasteiger partial charge in [0.1, 0.15) is 0 Å². The van der Waals surface area contributed by atoms with Crippen LogP contribution >= 0.6 is 0 Å². The smallest absolute Gasteiger partial charge is 0.228 e. The number of hydrogen-bond acceptors (Lipinski definition) is 6. The minimum Gasteiger partial charge on any atom is -0.307 e. The number of anilines is 2. The van der Waals surface area contributed by atoms with Gasteiger partial charge in [0.15, 0.2) is 5.82 Å². The van der Waals surface area contributed by atoms with Crippen molar-refractivity contribution in [1.82, 2.24) is 25.4 Å². The third kappa shape index (κ3) is 1.92. The average molecular weight is 174 g/mol. The molecule has 1 N–H and O–H groups in total. The van der Waals surface area contributed by atoms with Crippen LogP contribution in [0.15, 0.2) is 30.7 Å². The first-order valence-electron chi connectivity index (χ1n) is 3.63. The van der Waals surface area contributed by atoms with Crippen LogP contribution < -0.4 is 5.32 Å². The fraction of sp³-hybridized carbons (Fsp3) is 0. The highest BCUT2D eigenvalue weighted by Gasteiger charge is 1.95. The Morgan fingerprint density at radius 1 is 1.08 bits per heavy atom. The standard InChI is InChI=1S/C7H6N6/c1-3-8-7(9-4-1)11-6-2-5-10-13-12-6/h1-5H,(H,8,9,10,11,12). The molecule has 2 heterocycles. The lowest BCUT2D eigenvalue weighted by Crippen LogP contribution is -1.99. The molecule has 0 aliphatic rings. The Hall–Kier alpha value is -2.11. The van der Waals surface area contributed by atoms with E-state index in [1.54, 1.807) is 24.5 Å². The van der Waals surface area contributed by atoms with E-state index in [2.05, 4.69) is 30.7 Å². The number of hydrogen-bond donors (Lipinski definition) is 1. The van der Waals surface area contributed by atoms with Crippen molar-refractivity contribution in [3.05, 3.63) is 30.7 Å². The molecular weight excluding hydrogens is 168 g/mol. The molecule has 0 aliphatic carbocycles. The molecule has 2 aromatic rings. The van der Waals surface area contributed by atoms with Crippen molar-refractivity contribution in [1.29, 1.82) is 0 Å². The van der Waals surface area contributed by atoms with Crippen molar-refractivity contribution in [2.24, 2.45) is 0 Å². The van der Waals surface area contributed by atoms with Gasteiger partial charge in [0.25, 0.3) is 0 Å². The average Bonchev–Trinajstić information content (AvgIpc) is 2.21. The number of rotatable bonds is 2. The van der Waals surface area contributed by atoms with E-state index in [0.29, 0.717) is 11.8 Å². The summed E-state index contributed by atoms with van der Waals surface area (Å²) in [6, 6.07) is 3.42. The lowest BCUT2D eigenvalue weighted by Gasteiger charge is -1.99. The Morgan fingerprint density at radius 2 is 1.92 bits per heavy atom. The van der Waals surface area contributed by atoms with Gasteiger partial charge in [0.05, 0.1) is 6.20 Å². The Morgan fingerprint density at radius 3 is 2.62 bits per heavy atom. The first-order chi connectivity index (χ1) is 6.45. The van der Waals surface area contributed by atoms with Crippen molar-refractivity contribution < 1.29 is 0 Å². The van der Waals surface area contributed by atoms with E-state index in [0.717, 1.165) is 0 Å². The van der Waals surface area contributed by atoms with E-state index >= 15 is 0 Å². The van der Waals surface area contributed by atoms with Crippen LogP contribution in [0.2, 0.25) is 0 Å². The van der Waals surface area contributed by atoms with Crippen LogP contribution in [0.1, 0.15) is 0 Å². The predicted octanol–water partition coefficient (Wildman–Crippen LogP) is 0.405. The molecule has 0 atom stereocenters. The molecule has 0 radical (unpaired) electrons. The van der Waals surface area contributed by atoms with E-state index in [9.17, 15) is 0 Å². The molecule has 0 fully saturated rings. The largest absolute Gasteiger partial charge is 0.307 e. The summed E-state index contributed by atoms with van der Waals surface area (Å²) < 4.78 is 0. The minimum absolute atomic E-state index is 0.489. The monoisotopic (exact) mass is 174 g/mol. The van der Waals surface area contributed by atoms with Gasteiger partial charge in [-0.1, -0.05) is 0 Å². The molecule has 0 spiro atoms. The van der Waals surface area contributed by atoms with Gasteiger partial charge in [-0.25, -0.2) is 9.97 Å². The maximum absolute atomic E-state index is 3.96. The second kappa shape index (κ2) is 3.53. The van der Waals surface area contributed by atoms with E-state index in [4.69, 9.17) is 0 Å². The Labute approximate surface area is 74.1 Å². The fourth-order valence-corrected chi connectivity index (χ4v) is 0.786. The summed E-state index contributed by atoms with van der Waals surface area (Å²) in [6.07, 6.45) is 4.83. The first-order valence-corrected chi connectivity index (χ1v) is 3.63. The zero-order valence-corrected chi connectivity index (χ0v) is 6.62. The van der Waals surface area contributed by atoms with Gasteiger partial charge in [-0.2, -0.15) is 0 Å². The second-order valence-electron chi connectivity index (χ2n) is 2.20. The Balaban J connectivity index is 2.16. The first kappa shape index (κ1) is 7.53. The summed E-state index contributed by atoms with van der Waals surface area (Å²) in [7, 11) is 0. The summed E-state index contributed by atoms with van der Waals surface area (Å²) >= 11 is 0. The van der Waals surface area contributed by atoms with Crippen LogP contribution in [0.5, 0.6) is 0 Å². The van der Waals surface area contributed by atoms with Crippen molar-refractivity contribution >= 4 is 11.8 Å². The van der Waals surface area contributed by atoms with Gasteiger partial charge in [-0.05, 0) is 11.3 Å². The molecule has 0 bridgehead atoms. The third-order valence-electron chi connectivity index (χ3n) is 1.31. The Kier molecular flexibility index (Phi) is 2.04. The molecule has 6 heteroatoms. The summed E-state index contributed by atoms with van der Waals surface area (Å²) in [4.78, 5) is 7.93. The summed E-state index contributed by atoms with van der Waals surface area (Å²) in [5.74, 6) is 1.06. The van der Waals surface area contributed by atoms with Crippen molar-refractivity contribution in [3.63, 3.8) is 0 Å². The molecule has 0 unspecified atom stereocenters. The fourth-order valence-electron chi connectivity index (χ4n) is 0.786. The molecule has 0 aromatic carbocycles. The number of nitrogens with zero attached hydrogens (tertiary/aromatic N) is 5. The van der Waals surface area contributed by atoms with E-state index in [-0.39, 0.29) is 0 Å². The highest BCUT2D eigenvalue weighted by molar-refractivity contribution is 5.44. The SMILES string of the molecule is c1cnc(Nc2ccnnn2)nc1. The predicted molar refractivity (Wildman–Crippen MR) is 45.1 cm³/mol. The van der Waals surface area contributed by atoms with Crippen molar-refractivity contribution in [2.75, 3.05) is 5.32 Å². The van der Waals surface area contributed by atoms with E-state index in [1.165, 1.54) is 6.20 Å².